The number of ether oxygens (including phenoxy) is 2. The summed E-state index contributed by atoms with van der Waals surface area (Å²) < 4.78 is 52.6. The highest BCUT2D eigenvalue weighted by molar-refractivity contribution is 7.90. The van der Waals surface area contributed by atoms with E-state index in [9.17, 15) is 27.9 Å². The van der Waals surface area contributed by atoms with Gasteiger partial charge >= 0.3 is 6.09 Å². The van der Waals surface area contributed by atoms with Crippen molar-refractivity contribution in [1.29, 1.82) is 0 Å². The van der Waals surface area contributed by atoms with Gasteiger partial charge in [-0.3, -0.25) is 9.59 Å². The molecule has 17 heteroatoms. The molecular formula is C42H54N6O10S. The maximum absolute atomic E-state index is 14.7. The normalized spacial score (nSPS) is 25.0. The Morgan fingerprint density at radius 3 is 2.58 bits per heavy atom. The minimum absolute atomic E-state index is 0.0118. The highest BCUT2D eigenvalue weighted by atomic mass is 32.2. The quantitative estimate of drug-likeness (QED) is 0.116. The van der Waals surface area contributed by atoms with Crippen LogP contribution < -0.4 is 20.1 Å². The molecule has 3 aromatic heterocycles. The van der Waals surface area contributed by atoms with Gasteiger partial charge in [-0.2, -0.15) is 9.71 Å². The van der Waals surface area contributed by atoms with Crippen molar-refractivity contribution in [3.63, 3.8) is 0 Å². The SMILES string of the molecule is CC[C@@]1(C(O)NS(=O)(=O)C2CC2)CC/C=C\CCCCC[C@H](NC(=O)OC(C)(C)C)C(=O)N2C[C@H](Oc3nc(-c4ccco4)nc4c3oc3ccccc34)C[C@H]2C(=O)N1. The molecule has 2 aliphatic heterocycles. The Bertz CT molecular complexity index is 2280. The molecule has 3 aliphatic rings. The third-order valence-electron chi connectivity index (χ3n) is 11.1. The van der Waals surface area contributed by atoms with Gasteiger partial charge in [0.2, 0.25) is 27.4 Å². The zero-order chi connectivity index (χ0) is 42.0. The van der Waals surface area contributed by atoms with E-state index in [0.717, 1.165) is 24.6 Å². The molecule has 1 saturated heterocycles. The number of para-hydroxylation sites is 1. The summed E-state index contributed by atoms with van der Waals surface area (Å²) in [5, 5.41) is 17.6. The second kappa shape index (κ2) is 17.3. The maximum atomic E-state index is 14.7. The second-order valence-corrected chi connectivity index (χ2v) is 18.7. The van der Waals surface area contributed by atoms with Gasteiger partial charge in [-0.05, 0) is 96.4 Å². The molecule has 1 aliphatic carbocycles. The Hall–Kier alpha value is -5.00. The van der Waals surface area contributed by atoms with Crippen LogP contribution in [0.5, 0.6) is 5.88 Å². The number of rotatable bonds is 9. The van der Waals surface area contributed by atoms with Crippen LogP contribution in [0.1, 0.15) is 98.3 Å². The number of hydrogen-bond acceptors (Lipinski definition) is 12. The van der Waals surface area contributed by atoms with E-state index in [4.69, 9.17) is 23.3 Å². The molecule has 7 rings (SSSR count). The van der Waals surface area contributed by atoms with Crippen molar-refractivity contribution in [2.75, 3.05) is 6.54 Å². The van der Waals surface area contributed by atoms with Crippen molar-refractivity contribution in [2.45, 2.75) is 139 Å². The second-order valence-electron chi connectivity index (χ2n) is 16.7. The smallest absolute Gasteiger partial charge is 0.408 e. The molecule has 1 unspecified atom stereocenters. The number of aliphatic hydroxyl groups is 1. The predicted octanol–water partition coefficient (Wildman–Crippen LogP) is 5.84. The number of furan rings is 2. The fraction of sp³-hybridized carbons (Fsp3) is 0.548. The molecular weight excluding hydrogens is 781 g/mol. The molecule has 2 fully saturated rings. The molecule has 0 spiro atoms. The number of carbonyl (C=O) groups is 3. The van der Waals surface area contributed by atoms with E-state index in [1.165, 1.54) is 11.2 Å². The van der Waals surface area contributed by atoms with Gasteiger partial charge in [-0.25, -0.2) is 18.2 Å². The highest BCUT2D eigenvalue weighted by Crippen LogP contribution is 2.37. The van der Waals surface area contributed by atoms with Crippen LogP contribution in [0.15, 0.2) is 63.6 Å². The lowest BCUT2D eigenvalue weighted by Crippen LogP contribution is -2.65. The Balaban J connectivity index is 1.25. The van der Waals surface area contributed by atoms with Crippen LogP contribution in [0.3, 0.4) is 0 Å². The molecule has 0 bridgehead atoms. The summed E-state index contributed by atoms with van der Waals surface area (Å²) in [7, 11) is -3.85. The van der Waals surface area contributed by atoms with E-state index in [0.29, 0.717) is 42.5 Å². The first-order valence-electron chi connectivity index (χ1n) is 20.5. The molecule has 1 saturated carbocycles. The molecule has 4 aromatic rings. The fourth-order valence-electron chi connectivity index (χ4n) is 7.76. The number of nitrogens with zero attached hydrogens (tertiary/aromatic N) is 3. The topological polar surface area (TPSA) is 215 Å². The van der Waals surface area contributed by atoms with E-state index >= 15 is 0 Å². The lowest BCUT2D eigenvalue weighted by atomic mass is 9.87. The van der Waals surface area contributed by atoms with Gasteiger partial charge in [0.05, 0.1) is 23.6 Å². The van der Waals surface area contributed by atoms with Crippen molar-refractivity contribution in [1.82, 2.24) is 30.2 Å². The molecule has 4 N–H and O–H groups in total. The number of aromatic nitrogens is 2. The molecule has 59 heavy (non-hydrogen) atoms. The molecule has 16 nitrogen and oxygen atoms in total. The minimum Gasteiger partial charge on any atom is -0.470 e. The van der Waals surface area contributed by atoms with Crippen LogP contribution in [0.25, 0.3) is 33.7 Å². The van der Waals surface area contributed by atoms with Crippen molar-refractivity contribution >= 4 is 50.0 Å². The summed E-state index contributed by atoms with van der Waals surface area (Å²) in [5.74, 6) is -0.413. The number of alkyl carbamates (subject to hydrolysis) is 1. The molecule has 1 aromatic carbocycles. The summed E-state index contributed by atoms with van der Waals surface area (Å²) in [6, 6.07) is 8.61. The monoisotopic (exact) mass is 834 g/mol. The average Bonchev–Trinajstić information content (AvgIpc) is 3.57. The summed E-state index contributed by atoms with van der Waals surface area (Å²) in [4.78, 5) is 53.5. The van der Waals surface area contributed by atoms with E-state index < -0.39 is 68.7 Å². The lowest BCUT2D eigenvalue weighted by Gasteiger charge is -2.40. The lowest BCUT2D eigenvalue weighted by molar-refractivity contribution is -0.141. The average molecular weight is 835 g/mol. The maximum Gasteiger partial charge on any atom is 0.408 e. The Morgan fingerprint density at radius 1 is 1.07 bits per heavy atom. The molecule has 5 atom stereocenters. The van der Waals surface area contributed by atoms with Crippen molar-refractivity contribution < 1.29 is 46.2 Å². The van der Waals surface area contributed by atoms with Crippen molar-refractivity contribution in [3.05, 3.63) is 54.8 Å². The predicted molar refractivity (Wildman–Crippen MR) is 218 cm³/mol. The van der Waals surface area contributed by atoms with Gasteiger partial charge in [0.15, 0.2) is 11.6 Å². The minimum atomic E-state index is -3.85. The van der Waals surface area contributed by atoms with Gasteiger partial charge in [0.1, 0.15) is 41.1 Å². The van der Waals surface area contributed by atoms with Crippen LogP contribution in [-0.2, 0) is 24.3 Å². The first-order valence-corrected chi connectivity index (χ1v) is 22.1. The highest BCUT2D eigenvalue weighted by Gasteiger charge is 2.48. The number of hydrogen-bond donors (Lipinski definition) is 4. The molecule has 318 valence electrons. The van der Waals surface area contributed by atoms with Gasteiger partial charge in [-0.1, -0.05) is 44.1 Å². The first-order chi connectivity index (χ1) is 28.2. The Labute approximate surface area is 343 Å². The number of benzene rings is 1. The van der Waals surface area contributed by atoms with E-state index in [2.05, 4.69) is 20.3 Å². The summed E-state index contributed by atoms with van der Waals surface area (Å²) in [6.07, 6.45) is 7.37. The largest absolute Gasteiger partial charge is 0.470 e. The molecule has 0 radical (unpaired) electrons. The zero-order valence-electron chi connectivity index (χ0n) is 33.9. The number of sulfonamides is 1. The zero-order valence-corrected chi connectivity index (χ0v) is 34.8. The number of amides is 3. The van der Waals surface area contributed by atoms with Crippen molar-refractivity contribution in [2.24, 2.45) is 0 Å². The number of carbonyl (C=O) groups excluding carboxylic acids is 3. The van der Waals surface area contributed by atoms with Crippen LogP contribution in [-0.4, -0.2) is 93.7 Å². The standard InChI is InChI=1S/C42H54N6O10S/c1-5-42(39(51)47-59(53,54)27-20-21-27)22-14-10-8-6-7-9-11-17-29(43-40(52)58-41(2,3)4)38(50)48-25-26(24-30(48)36(49)46-42)56-37-34-33(28-16-12-13-18-31(28)57-34)44-35(45-37)32-19-15-23-55-32/h8,10,12-13,15-16,18-19,23,26-27,29-30,39,47,51H,5-7,9,11,14,17,20-22,24-25H2,1-4H3,(H,43,52)(H,46,49)/b10-8-/t26-,29+,30+,39?,42+/m1/s1. The Morgan fingerprint density at radius 2 is 1.85 bits per heavy atom. The van der Waals surface area contributed by atoms with Crippen LogP contribution in [0.2, 0.25) is 0 Å². The van der Waals surface area contributed by atoms with E-state index in [1.54, 1.807) is 45.9 Å². The molecule has 3 amide bonds. The first kappa shape index (κ1) is 42.1. The third-order valence-corrected chi connectivity index (χ3v) is 13.0. The van der Waals surface area contributed by atoms with Crippen LogP contribution >= 0.6 is 0 Å². The van der Waals surface area contributed by atoms with Gasteiger partial charge in [0, 0.05) is 11.8 Å². The van der Waals surface area contributed by atoms with Crippen LogP contribution in [0, 0.1) is 0 Å². The summed E-state index contributed by atoms with van der Waals surface area (Å²) in [5.41, 5.74) is -0.952. The Kier molecular flexibility index (Phi) is 12.4. The fourth-order valence-corrected chi connectivity index (χ4v) is 9.25. The van der Waals surface area contributed by atoms with Gasteiger partial charge < -0.3 is 38.9 Å². The van der Waals surface area contributed by atoms with Gasteiger partial charge in [0.25, 0.3) is 5.88 Å². The number of nitrogens with one attached hydrogen (secondary N) is 3. The van der Waals surface area contributed by atoms with E-state index in [-0.39, 0.29) is 49.5 Å². The summed E-state index contributed by atoms with van der Waals surface area (Å²) >= 11 is 0. The number of aliphatic hydroxyl groups excluding tert-OH is 1. The summed E-state index contributed by atoms with van der Waals surface area (Å²) in [6.45, 7) is 6.88. The third kappa shape index (κ3) is 9.73. The number of fused-ring (bicyclic) bond motifs is 4. The van der Waals surface area contributed by atoms with Gasteiger partial charge in [-0.15, -0.1) is 0 Å². The van der Waals surface area contributed by atoms with Crippen molar-refractivity contribution in [3.8, 4) is 17.5 Å². The van der Waals surface area contributed by atoms with E-state index in [1.807, 2.05) is 30.4 Å². The molecule has 5 heterocycles. The van der Waals surface area contributed by atoms with Crippen LogP contribution in [0.4, 0.5) is 4.79 Å². The number of allylic oxidation sites excluding steroid dienone is 2.